The minimum Gasteiger partial charge on any atom is -0.508 e. The Morgan fingerprint density at radius 3 is 2.55 bits per heavy atom. The molecule has 1 amide bonds. The number of hydrogen-bond acceptors (Lipinski definition) is 4. The zero-order chi connectivity index (χ0) is 15.2. The summed E-state index contributed by atoms with van der Waals surface area (Å²) >= 11 is 0. The van der Waals surface area contributed by atoms with Crippen LogP contribution in [0, 0.1) is 0 Å². The highest BCUT2D eigenvalue weighted by Gasteiger charge is 2.21. The van der Waals surface area contributed by atoms with E-state index in [1.807, 2.05) is 20.8 Å². The molecule has 0 spiro atoms. The Balaban J connectivity index is 2.45. The van der Waals surface area contributed by atoms with Crippen LogP contribution in [-0.2, 0) is 16.0 Å². The Morgan fingerprint density at radius 1 is 1.40 bits per heavy atom. The van der Waals surface area contributed by atoms with E-state index in [9.17, 15) is 9.90 Å². The lowest BCUT2D eigenvalue weighted by Crippen LogP contribution is -2.47. The molecule has 0 aliphatic carbocycles. The van der Waals surface area contributed by atoms with Crippen LogP contribution in [0.15, 0.2) is 24.3 Å². The van der Waals surface area contributed by atoms with Crippen molar-refractivity contribution in [2.45, 2.75) is 38.8 Å². The first-order valence-corrected chi connectivity index (χ1v) is 6.79. The monoisotopic (exact) mass is 280 g/mol. The zero-order valence-electron chi connectivity index (χ0n) is 12.3. The minimum absolute atomic E-state index is 0.199. The predicted octanol–water partition coefficient (Wildman–Crippen LogP) is 1.19. The second-order valence-electron chi connectivity index (χ2n) is 5.39. The molecule has 5 nitrogen and oxygen atoms in total. The fourth-order valence-electron chi connectivity index (χ4n) is 1.85. The van der Waals surface area contributed by atoms with Gasteiger partial charge in [-0.15, -0.1) is 0 Å². The van der Waals surface area contributed by atoms with Gasteiger partial charge in [-0.3, -0.25) is 4.79 Å². The number of ether oxygens (including phenoxy) is 1. The van der Waals surface area contributed by atoms with E-state index in [0.717, 1.165) is 5.56 Å². The standard InChI is InChI=1S/C15H24N2O3/c1-4-20-15(2,3)10-17-14(19)13(16)9-11-5-7-12(18)8-6-11/h5-8,13,18H,4,9-10,16H2,1-3H3,(H,17,19)/t13-/m0/s1. The first kappa shape index (κ1) is 16.5. The number of benzene rings is 1. The summed E-state index contributed by atoms with van der Waals surface area (Å²) in [5.41, 5.74) is 6.39. The Morgan fingerprint density at radius 2 is 2.00 bits per heavy atom. The third-order valence-electron chi connectivity index (χ3n) is 2.95. The van der Waals surface area contributed by atoms with Crippen LogP contribution < -0.4 is 11.1 Å². The largest absolute Gasteiger partial charge is 0.508 e. The molecular formula is C15H24N2O3. The topological polar surface area (TPSA) is 84.6 Å². The molecule has 112 valence electrons. The number of carbonyl (C=O) groups excluding carboxylic acids is 1. The van der Waals surface area contributed by atoms with Crippen LogP contribution in [0.5, 0.6) is 5.75 Å². The number of hydrogen-bond donors (Lipinski definition) is 3. The summed E-state index contributed by atoms with van der Waals surface area (Å²) < 4.78 is 5.51. The van der Waals surface area contributed by atoms with Gasteiger partial charge in [0, 0.05) is 13.2 Å². The summed E-state index contributed by atoms with van der Waals surface area (Å²) in [7, 11) is 0. The summed E-state index contributed by atoms with van der Waals surface area (Å²) in [6, 6.07) is 6.06. The van der Waals surface area contributed by atoms with E-state index < -0.39 is 11.6 Å². The minimum atomic E-state index is -0.614. The van der Waals surface area contributed by atoms with E-state index >= 15 is 0 Å². The zero-order valence-corrected chi connectivity index (χ0v) is 12.3. The highest BCUT2D eigenvalue weighted by atomic mass is 16.5. The SMILES string of the molecule is CCOC(C)(C)CNC(=O)[C@@H](N)Cc1ccc(O)cc1. The van der Waals surface area contributed by atoms with Crippen molar-refractivity contribution in [1.29, 1.82) is 0 Å². The summed E-state index contributed by atoms with van der Waals surface area (Å²) in [6.45, 7) is 6.77. The molecule has 0 aliphatic rings. The normalized spacial score (nSPS) is 13.0. The van der Waals surface area contributed by atoms with Crippen molar-refractivity contribution < 1.29 is 14.6 Å². The maximum absolute atomic E-state index is 11.9. The molecule has 0 saturated heterocycles. The molecule has 0 unspecified atom stereocenters. The van der Waals surface area contributed by atoms with Crippen molar-refractivity contribution in [3.05, 3.63) is 29.8 Å². The van der Waals surface area contributed by atoms with Gasteiger partial charge in [0.1, 0.15) is 5.75 Å². The predicted molar refractivity (Wildman–Crippen MR) is 78.5 cm³/mol. The molecule has 20 heavy (non-hydrogen) atoms. The lowest BCUT2D eigenvalue weighted by Gasteiger charge is -2.25. The molecule has 1 aromatic rings. The number of nitrogens with two attached hydrogens (primary N) is 1. The molecule has 0 aromatic heterocycles. The van der Waals surface area contributed by atoms with Gasteiger partial charge >= 0.3 is 0 Å². The van der Waals surface area contributed by atoms with Gasteiger partial charge in [0.2, 0.25) is 5.91 Å². The number of phenols is 1. The van der Waals surface area contributed by atoms with Crippen LogP contribution in [-0.4, -0.2) is 35.8 Å². The molecule has 4 N–H and O–H groups in total. The second-order valence-corrected chi connectivity index (χ2v) is 5.39. The summed E-state index contributed by atoms with van der Waals surface area (Å²) in [5.74, 6) is -0.00362. The Kier molecular flexibility index (Phi) is 5.98. The third kappa shape index (κ3) is 5.59. The maximum Gasteiger partial charge on any atom is 0.237 e. The smallest absolute Gasteiger partial charge is 0.237 e. The average molecular weight is 280 g/mol. The summed E-state index contributed by atoms with van der Waals surface area (Å²) in [6.07, 6.45) is 0.432. The molecule has 0 aliphatic heterocycles. The molecule has 1 aromatic carbocycles. The molecule has 5 heteroatoms. The number of rotatable bonds is 7. The Hall–Kier alpha value is -1.59. The summed E-state index contributed by atoms with van der Waals surface area (Å²) in [5, 5.41) is 12.0. The first-order chi connectivity index (χ1) is 9.34. The fraction of sp³-hybridized carbons (Fsp3) is 0.533. The average Bonchev–Trinajstić information content (AvgIpc) is 2.38. The van der Waals surface area contributed by atoms with E-state index in [1.165, 1.54) is 0 Å². The second kappa shape index (κ2) is 7.26. The van der Waals surface area contributed by atoms with Crippen molar-refractivity contribution in [2.75, 3.05) is 13.2 Å². The molecule has 0 heterocycles. The number of nitrogens with one attached hydrogen (secondary N) is 1. The first-order valence-electron chi connectivity index (χ1n) is 6.79. The van der Waals surface area contributed by atoms with Gasteiger partial charge in [-0.2, -0.15) is 0 Å². The molecule has 1 rings (SSSR count). The van der Waals surface area contributed by atoms with E-state index in [1.54, 1.807) is 24.3 Å². The van der Waals surface area contributed by atoms with Crippen LogP contribution in [0.3, 0.4) is 0 Å². The highest BCUT2D eigenvalue weighted by Crippen LogP contribution is 2.11. The van der Waals surface area contributed by atoms with Crippen LogP contribution in [0.1, 0.15) is 26.3 Å². The van der Waals surface area contributed by atoms with Crippen LogP contribution >= 0.6 is 0 Å². The maximum atomic E-state index is 11.9. The van der Waals surface area contributed by atoms with Gasteiger partial charge in [0.25, 0.3) is 0 Å². The van der Waals surface area contributed by atoms with Crippen LogP contribution in [0.25, 0.3) is 0 Å². The third-order valence-corrected chi connectivity index (χ3v) is 2.95. The van der Waals surface area contributed by atoms with E-state index in [-0.39, 0.29) is 11.7 Å². The highest BCUT2D eigenvalue weighted by molar-refractivity contribution is 5.81. The van der Waals surface area contributed by atoms with E-state index in [4.69, 9.17) is 10.5 Å². The van der Waals surface area contributed by atoms with Crippen molar-refractivity contribution in [1.82, 2.24) is 5.32 Å². The van der Waals surface area contributed by atoms with Crippen molar-refractivity contribution in [3.8, 4) is 5.75 Å². The van der Waals surface area contributed by atoms with Crippen molar-refractivity contribution >= 4 is 5.91 Å². The molecule has 1 atom stereocenters. The van der Waals surface area contributed by atoms with Gasteiger partial charge in [0.15, 0.2) is 0 Å². The van der Waals surface area contributed by atoms with Crippen LogP contribution in [0.4, 0.5) is 0 Å². The van der Waals surface area contributed by atoms with Crippen molar-refractivity contribution in [3.63, 3.8) is 0 Å². The molecular weight excluding hydrogens is 256 g/mol. The summed E-state index contributed by atoms with van der Waals surface area (Å²) in [4.78, 5) is 11.9. The molecule has 0 bridgehead atoms. The van der Waals surface area contributed by atoms with Gasteiger partial charge in [-0.1, -0.05) is 12.1 Å². The molecule has 0 fully saturated rings. The molecule has 0 radical (unpaired) electrons. The van der Waals surface area contributed by atoms with Gasteiger partial charge in [-0.05, 0) is 44.9 Å². The van der Waals surface area contributed by atoms with Gasteiger partial charge in [0.05, 0.1) is 11.6 Å². The van der Waals surface area contributed by atoms with E-state index in [2.05, 4.69) is 5.32 Å². The Bertz CT molecular complexity index is 429. The Labute approximate surface area is 120 Å². The van der Waals surface area contributed by atoms with Gasteiger partial charge in [-0.25, -0.2) is 0 Å². The van der Waals surface area contributed by atoms with Crippen LogP contribution in [0.2, 0.25) is 0 Å². The lowest BCUT2D eigenvalue weighted by atomic mass is 10.1. The van der Waals surface area contributed by atoms with Gasteiger partial charge < -0.3 is 20.9 Å². The number of carbonyl (C=O) groups is 1. The fourth-order valence-corrected chi connectivity index (χ4v) is 1.85. The quantitative estimate of drug-likeness (QED) is 0.700. The van der Waals surface area contributed by atoms with E-state index in [0.29, 0.717) is 19.6 Å². The van der Waals surface area contributed by atoms with Crippen molar-refractivity contribution in [2.24, 2.45) is 5.73 Å². The number of aromatic hydroxyl groups is 1. The number of phenolic OH excluding ortho intramolecular Hbond substituents is 1. The molecule has 0 saturated carbocycles. The number of amides is 1. The lowest BCUT2D eigenvalue weighted by molar-refractivity contribution is -0.123.